The van der Waals surface area contributed by atoms with Crippen LogP contribution in [0.2, 0.25) is 0 Å². The first-order chi connectivity index (χ1) is 14.5. The summed E-state index contributed by atoms with van der Waals surface area (Å²) in [6.45, 7) is 0.0135. The van der Waals surface area contributed by atoms with Crippen molar-refractivity contribution in [3.63, 3.8) is 0 Å². The topological polar surface area (TPSA) is 91.1 Å². The molecule has 0 saturated heterocycles. The van der Waals surface area contributed by atoms with Crippen molar-refractivity contribution >= 4 is 44.7 Å². The fourth-order valence-electron chi connectivity index (χ4n) is 3.18. The van der Waals surface area contributed by atoms with E-state index in [1.807, 2.05) is 24.3 Å². The van der Waals surface area contributed by atoms with Crippen LogP contribution in [0.15, 0.2) is 62.6 Å². The number of esters is 2. The zero-order valence-corrected chi connectivity index (χ0v) is 17.8. The molecule has 1 aromatic heterocycles. The molecule has 4 rings (SSSR count). The van der Waals surface area contributed by atoms with Crippen molar-refractivity contribution in [2.45, 2.75) is 0 Å². The lowest BCUT2D eigenvalue weighted by atomic mass is 10.1. The Morgan fingerprint density at radius 1 is 1.10 bits per heavy atom. The van der Waals surface area contributed by atoms with Gasteiger partial charge in [0.1, 0.15) is 17.9 Å². The molecule has 8 nitrogen and oxygen atoms in total. The molecular formula is C21H17BrN2O6. The van der Waals surface area contributed by atoms with Gasteiger partial charge in [-0.1, -0.05) is 22.0 Å². The summed E-state index contributed by atoms with van der Waals surface area (Å²) in [5, 5.41) is 0. The highest BCUT2D eigenvalue weighted by molar-refractivity contribution is 9.10. The first-order valence-electron chi connectivity index (χ1n) is 8.93. The first-order valence-corrected chi connectivity index (χ1v) is 9.72. The molecule has 0 amide bonds. The predicted octanol–water partition coefficient (Wildman–Crippen LogP) is 3.65. The number of hydrogen-bond donors (Lipinski definition) is 0. The van der Waals surface area contributed by atoms with Crippen LogP contribution in [-0.2, 0) is 23.8 Å². The monoisotopic (exact) mass is 472 g/mol. The highest BCUT2D eigenvalue weighted by Gasteiger charge is 2.32. The number of nitrogens with zero attached hydrogens (tertiary/aromatic N) is 2. The maximum absolute atomic E-state index is 12.4. The Kier molecular flexibility index (Phi) is 5.56. The van der Waals surface area contributed by atoms with Crippen LogP contribution in [-0.4, -0.2) is 44.5 Å². The van der Waals surface area contributed by atoms with Gasteiger partial charge in [0.05, 0.1) is 26.4 Å². The summed E-state index contributed by atoms with van der Waals surface area (Å²) in [5.41, 5.74) is 2.77. The first kappa shape index (κ1) is 20.1. The molecule has 0 unspecified atom stereocenters. The summed E-state index contributed by atoms with van der Waals surface area (Å²) < 4.78 is 22.0. The molecule has 9 heteroatoms. The number of carbonyl (C=O) groups is 2. The lowest BCUT2D eigenvalue weighted by Crippen LogP contribution is -2.38. The molecule has 154 valence electrons. The molecule has 0 spiro atoms. The molecule has 0 bridgehead atoms. The number of anilines is 1. The number of rotatable bonds is 4. The summed E-state index contributed by atoms with van der Waals surface area (Å²) in [7, 11) is 2.50. The third-order valence-electron chi connectivity index (χ3n) is 4.59. The van der Waals surface area contributed by atoms with Crippen LogP contribution in [0.25, 0.3) is 22.6 Å². The summed E-state index contributed by atoms with van der Waals surface area (Å²) in [4.78, 5) is 30.7. The normalized spacial score (nSPS) is 14.2. The smallest absolute Gasteiger partial charge is 0.355 e. The van der Waals surface area contributed by atoms with Crippen molar-refractivity contribution in [2.75, 3.05) is 32.5 Å². The Morgan fingerprint density at radius 2 is 1.90 bits per heavy atom. The van der Waals surface area contributed by atoms with Crippen LogP contribution in [0, 0.1) is 0 Å². The highest BCUT2D eigenvalue weighted by atomic mass is 79.9. The highest BCUT2D eigenvalue weighted by Crippen LogP contribution is 2.32. The molecule has 30 heavy (non-hydrogen) atoms. The summed E-state index contributed by atoms with van der Waals surface area (Å²) in [6.07, 6.45) is 0. The van der Waals surface area contributed by atoms with Crippen molar-refractivity contribution in [1.82, 2.24) is 4.98 Å². The minimum Gasteiger partial charge on any atom is -0.466 e. The fourth-order valence-corrected chi connectivity index (χ4v) is 3.58. The Balaban J connectivity index is 1.78. The number of benzene rings is 2. The van der Waals surface area contributed by atoms with Gasteiger partial charge in [0.25, 0.3) is 0 Å². The maximum Gasteiger partial charge on any atom is 0.355 e. The van der Waals surface area contributed by atoms with Crippen LogP contribution >= 0.6 is 15.9 Å². The van der Waals surface area contributed by atoms with E-state index in [1.165, 1.54) is 14.2 Å². The van der Waals surface area contributed by atoms with Gasteiger partial charge in [0, 0.05) is 15.7 Å². The maximum atomic E-state index is 12.4. The van der Waals surface area contributed by atoms with Crippen molar-refractivity contribution in [1.29, 1.82) is 0 Å². The number of ether oxygens (including phenoxy) is 3. The van der Waals surface area contributed by atoms with E-state index >= 15 is 0 Å². The third-order valence-corrected chi connectivity index (χ3v) is 5.08. The molecule has 2 heterocycles. The van der Waals surface area contributed by atoms with Gasteiger partial charge in [-0.05, 0) is 36.4 Å². The van der Waals surface area contributed by atoms with E-state index in [9.17, 15) is 9.59 Å². The van der Waals surface area contributed by atoms with Gasteiger partial charge < -0.3 is 23.5 Å². The van der Waals surface area contributed by atoms with E-state index < -0.39 is 11.9 Å². The molecule has 0 fully saturated rings. The van der Waals surface area contributed by atoms with Gasteiger partial charge in [-0.15, -0.1) is 0 Å². The van der Waals surface area contributed by atoms with E-state index in [1.54, 1.807) is 23.1 Å². The molecule has 0 saturated carbocycles. The minimum absolute atomic E-state index is 0.0488. The molecule has 1 aliphatic rings. The number of carbonyl (C=O) groups excluding carboxylic acids is 2. The molecule has 3 aromatic rings. The van der Waals surface area contributed by atoms with Crippen LogP contribution < -0.4 is 4.90 Å². The lowest BCUT2D eigenvalue weighted by Gasteiger charge is -2.31. The van der Waals surface area contributed by atoms with Gasteiger partial charge >= 0.3 is 11.9 Å². The standard InChI is InChI=1S/C21H17BrN2O6/c1-27-20(25)15-10-29-11-24(18(15)21(26)28-2)14-6-7-17-16(9-14)23-19(30-17)12-4-3-5-13(22)8-12/h3-9H,10-11H2,1-2H3. The molecule has 0 atom stereocenters. The number of aromatic nitrogens is 1. The average molecular weight is 473 g/mol. The summed E-state index contributed by atoms with van der Waals surface area (Å²) >= 11 is 3.44. The molecule has 0 N–H and O–H groups in total. The zero-order chi connectivity index (χ0) is 21.3. The van der Waals surface area contributed by atoms with Crippen molar-refractivity contribution in [2.24, 2.45) is 0 Å². The lowest BCUT2D eigenvalue weighted by molar-refractivity contribution is -0.140. The summed E-state index contributed by atoms with van der Waals surface area (Å²) in [5.74, 6) is -0.842. The predicted molar refractivity (Wildman–Crippen MR) is 112 cm³/mol. The summed E-state index contributed by atoms with van der Waals surface area (Å²) in [6, 6.07) is 12.9. The van der Waals surface area contributed by atoms with E-state index in [2.05, 4.69) is 20.9 Å². The second kappa shape index (κ2) is 8.29. The second-order valence-corrected chi connectivity index (χ2v) is 7.31. The van der Waals surface area contributed by atoms with Gasteiger partial charge in [-0.25, -0.2) is 14.6 Å². The van der Waals surface area contributed by atoms with E-state index in [0.717, 1.165) is 10.0 Å². The van der Waals surface area contributed by atoms with Crippen LogP contribution in [0.1, 0.15) is 0 Å². The molecule has 1 aliphatic heterocycles. The Bertz CT molecular complexity index is 1170. The molecule has 0 radical (unpaired) electrons. The van der Waals surface area contributed by atoms with Gasteiger partial charge in [-0.3, -0.25) is 0 Å². The SMILES string of the molecule is COC(=O)C1=C(C(=O)OC)N(c2ccc3oc(-c4cccc(Br)c4)nc3c2)COC1. The number of hydrogen-bond acceptors (Lipinski definition) is 8. The van der Waals surface area contributed by atoms with Crippen molar-refractivity contribution in [3.05, 3.63) is 58.2 Å². The minimum atomic E-state index is -0.659. The Hall–Kier alpha value is -3.17. The van der Waals surface area contributed by atoms with E-state index in [0.29, 0.717) is 22.7 Å². The number of halogens is 1. The van der Waals surface area contributed by atoms with Crippen molar-refractivity contribution in [3.8, 4) is 11.5 Å². The average Bonchev–Trinajstić information content (AvgIpc) is 3.21. The largest absolute Gasteiger partial charge is 0.466 e. The molecular weight excluding hydrogens is 456 g/mol. The zero-order valence-electron chi connectivity index (χ0n) is 16.2. The fraction of sp³-hybridized carbons (Fsp3) is 0.190. The van der Waals surface area contributed by atoms with Gasteiger partial charge in [0.2, 0.25) is 5.89 Å². The molecule has 0 aliphatic carbocycles. The quantitative estimate of drug-likeness (QED) is 0.531. The third kappa shape index (κ3) is 3.69. The second-order valence-electron chi connectivity index (χ2n) is 6.40. The van der Waals surface area contributed by atoms with Crippen molar-refractivity contribution < 1.29 is 28.2 Å². The van der Waals surface area contributed by atoms with Gasteiger partial charge in [0.15, 0.2) is 5.58 Å². The number of oxazole rings is 1. The van der Waals surface area contributed by atoms with Crippen LogP contribution in [0.3, 0.4) is 0 Å². The van der Waals surface area contributed by atoms with Crippen LogP contribution in [0.5, 0.6) is 0 Å². The van der Waals surface area contributed by atoms with Crippen LogP contribution in [0.4, 0.5) is 5.69 Å². The van der Waals surface area contributed by atoms with Gasteiger partial charge in [-0.2, -0.15) is 0 Å². The number of methoxy groups -OCH3 is 2. The van der Waals surface area contributed by atoms with E-state index in [4.69, 9.17) is 18.6 Å². The van der Waals surface area contributed by atoms with E-state index in [-0.39, 0.29) is 24.6 Å². The molecule has 2 aromatic carbocycles. The number of fused-ring (bicyclic) bond motifs is 1. The Labute approximate surface area is 180 Å². The Morgan fingerprint density at radius 3 is 2.63 bits per heavy atom.